The van der Waals surface area contributed by atoms with Gasteiger partial charge >= 0.3 is 0 Å². The van der Waals surface area contributed by atoms with Gasteiger partial charge in [0.05, 0.1) is 10.5 Å². The molecule has 1 N–H and O–H groups in total. The van der Waals surface area contributed by atoms with E-state index in [-0.39, 0.29) is 11.8 Å². The molecule has 0 aromatic heterocycles. The first-order valence-corrected chi connectivity index (χ1v) is 8.44. The molecule has 0 amide bonds. The van der Waals surface area contributed by atoms with Crippen LogP contribution in [0.1, 0.15) is 44.7 Å². The lowest BCUT2D eigenvalue weighted by Crippen LogP contribution is -2.65. The van der Waals surface area contributed by atoms with E-state index in [0.717, 1.165) is 6.54 Å². The second-order valence-electron chi connectivity index (χ2n) is 6.17. The Kier molecular flexibility index (Phi) is 3.76. The van der Waals surface area contributed by atoms with Crippen molar-refractivity contribution in [2.45, 2.75) is 50.9 Å². The summed E-state index contributed by atoms with van der Waals surface area (Å²) in [6, 6.07) is 8.40. The van der Waals surface area contributed by atoms with Crippen molar-refractivity contribution in [3.63, 3.8) is 0 Å². The lowest BCUT2D eigenvalue weighted by atomic mass is 9.96. The fourth-order valence-electron chi connectivity index (χ4n) is 2.55. The van der Waals surface area contributed by atoms with Crippen LogP contribution < -0.4 is 5.32 Å². The van der Waals surface area contributed by atoms with Crippen LogP contribution in [0.4, 0.5) is 0 Å². The summed E-state index contributed by atoms with van der Waals surface area (Å²) >= 11 is 0. The van der Waals surface area contributed by atoms with Crippen molar-refractivity contribution in [2.75, 3.05) is 5.75 Å². The molecule has 1 aliphatic heterocycles. The smallest absolute Gasteiger partial charge is 0.158 e. The van der Waals surface area contributed by atoms with Crippen molar-refractivity contribution in [3.05, 3.63) is 35.4 Å². The lowest BCUT2D eigenvalue weighted by molar-refractivity contribution is 0.384. The number of hydrogen-bond donors (Lipinski definition) is 1. The van der Waals surface area contributed by atoms with E-state index in [1.54, 1.807) is 13.8 Å². The summed E-state index contributed by atoms with van der Waals surface area (Å²) in [6.45, 7) is 8.70. The summed E-state index contributed by atoms with van der Waals surface area (Å²) in [5, 5.41) is 3.40. The molecule has 0 radical (unpaired) electrons. The molecule has 1 fully saturated rings. The van der Waals surface area contributed by atoms with Crippen LogP contribution in [0.3, 0.4) is 0 Å². The van der Waals surface area contributed by atoms with Gasteiger partial charge in [0.2, 0.25) is 0 Å². The standard InChI is InChI=1S/C15H23NO2S/c1-11(2)13-8-6-5-7-12(13)9-16-14-10-19(17,18)15(14,3)4/h5-8,11,14,16H,9-10H2,1-4H3/t14-/m0/s1. The topological polar surface area (TPSA) is 46.2 Å². The molecule has 1 heterocycles. The van der Waals surface area contributed by atoms with Crippen LogP contribution in [0.5, 0.6) is 0 Å². The second-order valence-corrected chi connectivity index (χ2v) is 8.79. The zero-order valence-corrected chi connectivity index (χ0v) is 12.9. The SMILES string of the molecule is CC(C)c1ccccc1CN[C@H]1CS(=O)(=O)C1(C)C. The molecule has 1 aromatic carbocycles. The number of nitrogens with one attached hydrogen (secondary N) is 1. The maximum atomic E-state index is 11.7. The van der Waals surface area contributed by atoms with Gasteiger partial charge < -0.3 is 5.32 Å². The molecule has 106 valence electrons. The fraction of sp³-hybridized carbons (Fsp3) is 0.600. The van der Waals surface area contributed by atoms with E-state index in [9.17, 15) is 8.42 Å². The Hall–Kier alpha value is -0.870. The predicted molar refractivity (Wildman–Crippen MR) is 79.0 cm³/mol. The molecule has 0 saturated carbocycles. The van der Waals surface area contributed by atoms with Crippen LogP contribution in [0.15, 0.2) is 24.3 Å². The highest BCUT2D eigenvalue weighted by atomic mass is 32.2. The molecule has 0 bridgehead atoms. The number of sulfone groups is 1. The highest BCUT2D eigenvalue weighted by molar-refractivity contribution is 7.94. The molecule has 1 aromatic rings. The van der Waals surface area contributed by atoms with Gasteiger partial charge in [0.1, 0.15) is 0 Å². The van der Waals surface area contributed by atoms with Crippen molar-refractivity contribution in [1.29, 1.82) is 0 Å². The van der Waals surface area contributed by atoms with E-state index in [0.29, 0.717) is 5.92 Å². The maximum Gasteiger partial charge on any atom is 0.158 e. The molecule has 3 nitrogen and oxygen atoms in total. The van der Waals surface area contributed by atoms with Crippen LogP contribution in [0.2, 0.25) is 0 Å². The molecular weight excluding hydrogens is 258 g/mol. The fourth-order valence-corrected chi connectivity index (χ4v) is 4.25. The summed E-state index contributed by atoms with van der Waals surface area (Å²) < 4.78 is 22.8. The zero-order chi connectivity index (χ0) is 14.3. The Labute approximate surface area is 116 Å². The minimum atomic E-state index is -2.90. The van der Waals surface area contributed by atoms with Gasteiger partial charge in [0, 0.05) is 12.6 Å². The van der Waals surface area contributed by atoms with Crippen LogP contribution in [0, 0.1) is 0 Å². The summed E-state index contributed by atoms with van der Waals surface area (Å²) in [7, 11) is -2.90. The first-order valence-electron chi connectivity index (χ1n) is 6.79. The summed E-state index contributed by atoms with van der Waals surface area (Å²) in [5.41, 5.74) is 2.59. The Morgan fingerprint density at radius 3 is 2.47 bits per heavy atom. The minimum absolute atomic E-state index is 0.0534. The van der Waals surface area contributed by atoms with Crippen molar-refractivity contribution in [2.24, 2.45) is 0 Å². The Morgan fingerprint density at radius 2 is 1.95 bits per heavy atom. The lowest BCUT2D eigenvalue weighted by Gasteiger charge is -2.44. The van der Waals surface area contributed by atoms with Gasteiger partial charge in [-0.3, -0.25) is 0 Å². The molecule has 0 spiro atoms. The highest BCUT2D eigenvalue weighted by Crippen LogP contribution is 2.33. The molecule has 1 atom stereocenters. The van der Waals surface area contributed by atoms with E-state index < -0.39 is 14.6 Å². The Bertz CT molecular complexity index is 561. The number of rotatable bonds is 4. The van der Waals surface area contributed by atoms with Crippen LogP contribution in [0.25, 0.3) is 0 Å². The van der Waals surface area contributed by atoms with Crippen molar-refractivity contribution >= 4 is 9.84 Å². The monoisotopic (exact) mass is 281 g/mol. The van der Waals surface area contributed by atoms with Gasteiger partial charge in [0.25, 0.3) is 0 Å². The van der Waals surface area contributed by atoms with Crippen LogP contribution in [-0.4, -0.2) is 25.0 Å². The Balaban J connectivity index is 2.05. The van der Waals surface area contributed by atoms with Gasteiger partial charge in [-0.15, -0.1) is 0 Å². The third-order valence-corrected chi connectivity index (χ3v) is 6.90. The van der Waals surface area contributed by atoms with E-state index in [1.807, 2.05) is 6.07 Å². The molecule has 4 heteroatoms. The predicted octanol–water partition coefficient (Wildman–Crippen LogP) is 2.48. The number of hydrogen-bond acceptors (Lipinski definition) is 3. The van der Waals surface area contributed by atoms with E-state index in [2.05, 4.69) is 37.4 Å². The molecule has 1 aliphatic rings. The molecule has 0 aliphatic carbocycles. The average Bonchev–Trinajstić information content (AvgIpc) is 2.34. The van der Waals surface area contributed by atoms with Crippen LogP contribution in [-0.2, 0) is 16.4 Å². The Morgan fingerprint density at radius 1 is 1.32 bits per heavy atom. The summed E-state index contributed by atoms with van der Waals surface area (Å²) in [5.74, 6) is 0.736. The summed E-state index contributed by atoms with van der Waals surface area (Å²) in [4.78, 5) is 0. The average molecular weight is 281 g/mol. The normalized spacial score (nSPS) is 24.2. The van der Waals surface area contributed by atoms with Gasteiger partial charge in [-0.1, -0.05) is 38.1 Å². The summed E-state index contributed by atoms with van der Waals surface area (Å²) in [6.07, 6.45) is 0. The van der Waals surface area contributed by atoms with Gasteiger partial charge in [-0.05, 0) is 30.9 Å². The van der Waals surface area contributed by atoms with Gasteiger partial charge in [0.15, 0.2) is 9.84 Å². The third-order valence-electron chi connectivity index (χ3n) is 4.24. The van der Waals surface area contributed by atoms with Gasteiger partial charge in [-0.2, -0.15) is 0 Å². The highest BCUT2D eigenvalue weighted by Gasteiger charge is 2.52. The zero-order valence-electron chi connectivity index (χ0n) is 12.1. The maximum absolute atomic E-state index is 11.7. The van der Waals surface area contributed by atoms with Crippen molar-refractivity contribution in [1.82, 2.24) is 5.32 Å². The van der Waals surface area contributed by atoms with E-state index >= 15 is 0 Å². The van der Waals surface area contributed by atoms with E-state index in [4.69, 9.17) is 0 Å². The first-order chi connectivity index (χ1) is 8.75. The first kappa shape index (κ1) is 14.5. The largest absolute Gasteiger partial charge is 0.307 e. The van der Waals surface area contributed by atoms with Crippen molar-refractivity contribution in [3.8, 4) is 0 Å². The quantitative estimate of drug-likeness (QED) is 0.922. The number of benzene rings is 1. The van der Waals surface area contributed by atoms with Crippen molar-refractivity contribution < 1.29 is 8.42 Å². The second kappa shape index (κ2) is 4.91. The molecule has 0 unspecified atom stereocenters. The molecule has 19 heavy (non-hydrogen) atoms. The molecule has 2 rings (SSSR count). The molecular formula is C15H23NO2S. The molecule has 1 saturated heterocycles. The third kappa shape index (κ3) is 2.56. The minimum Gasteiger partial charge on any atom is -0.307 e. The van der Waals surface area contributed by atoms with E-state index in [1.165, 1.54) is 11.1 Å². The van der Waals surface area contributed by atoms with Crippen LogP contribution >= 0.6 is 0 Å². The van der Waals surface area contributed by atoms with Gasteiger partial charge in [-0.25, -0.2) is 8.42 Å².